The summed E-state index contributed by atoms with van der Waals surface area (Å²) in [5.41, 5.74) is 5.46. The predicted octanol–water partition coefficient (Wildman–Crippen LogP) is -0.293. The first-order valence-electron chi connectivity index (χ1n) is 4.72. The second kappa shape index (κ2) is 6.85. The summed E-state index contributed by atoms with van der Waals surface area (Å²) in [6.07, 6.45) is 5.59. The zero-order valence-corrected chi connectivity index (χ0v) is 8.69. The Balaban J connectivity index is 4.12. The van der Waals surface area contributed by atoms with E-state index in [9.17, 15) is 9.59 Å². The van der Waals surface area contributed by atoms with Crippen LogP contribution in [-0.2, 0) is 9.59 Å². The molecule has 5 nitrogen and oxygen atoms in total. The van der Waals surface area contributed by atoms with Gasteiger partial charge < -0.3 is 16.2 Å². The Labute approximate surface area is 89.0 Å². The van der Waals surface area contributed by atoms with Crippen LogP contribution in [0.5, 0.6) is 0 Å². The van der Waals surface area contributed by atoms with Gasteiger partial charge in [-0.2, -0.15) is 0 Å². The van der Waals surface area contributed by atoms with Crippen molar-refractivity contribution in [2.24, 2.45) is 5.73 Å². The Morgan fingerprint density at radius 3 is 2.60 bits per heavy atom. The van der Waals surface area contributed by atoms with E-state index in [0.717, 1.165) is 0 Å². The fourth-order valence-electron chi connectivity index (χ4n) is 1.04. The van der Waals surface area contributed by atoms with Gasteiger partial charge >= 0.3 is 5.97 Å². The van der Waals surface area contributed by atoms with Crippen LogP contribution in [0.2, 0.25) is 0 Å². The average molecular weight is 212 g/mol. The third-order valence-corrected chi connectivity index (χ3v) is 1.93. The molecule has 0 bridgehead atoms. The number of carboxylic acids is 1. The maximum atomic E-state index is 11.4. The Morgan fingerprint density at radius 2 is 2.20 bits per heavy atom. The summed E-state index contributed by atoms with van der Waals surface area (Å²) in [5.74, 6) is 0.925. The Hall–Kier alpha value is -1.54. The Kier molecular flexibility index (Phi) is 6.14. The molecule has 5 heteroatoms. The quantitative estimate of drug-likeness (QED) is 0.527. The number of carbonyl (C=O) groups excluding carboxylic acids is 1. The molecule has 0 aliphatic rings. The van der Waals surface area contributed by atoms with Gasteiger partial charge in [-0.25, -0.2) is 0 Å². The molecule has 2 unspecified atom stereocenters. The van der Waals surface area contributed by atoms with Crippen molar-refractivity contribution in [1.82, 2.24) is 5.32 Å². The van der Waals surface area contributed by atoms with E-state index in [0.29, 0.717) is 6.42 Å². The predicted molar refractivity (Wildman–Crippen MR) is 55.9 cm³/mol. The zero-order chi connectivity index (χ0) is 11.8. The lowest BCUT2D eigenvalue weighted by Gasteiger charge is -2.17. The smallest absolute Gasteiger partial charge is 0.305 e. The molecule has 0 rings (SSSR count). The van der Waals surface area contributed by atoms with Crippen molar-refractivity contribution in [2.75, 3.05) is 0 Å². The normalized spacial score (nSPS) is 13.7. The van der Waals surface area contributed by atoms with Crippen LogP contribution >= 0.6 is 0 Å². The molecule has 4 N–H and O–H groups in total. The number of nitrogens with two attached hydrogens (primary N) is 1. The lowest BCUT2D eigenvalue weighted by Crippen LogP contribution is -2.45. The number of carbonyl (C=O) groups is 2. The molecule has 0 fully saturated rings. The Morgan fingerprint density at radius 1 is 1.60 bits per heavy atom. The van der Waals surface area contributed by atoms with E-state index in [1.807, 2.05) is 0 Å². The summed E-state index contributed by atoms with van der Waals surface area (Å²) in [4.78, 5) is 21.8. The highest BCUT2D eigenvalue weighted by Crippen LogP contribution is 1.98. The van der Waals surface area contributed by atoms with Gasteiger partial charge in [0.25, 0.3) is 0 Å². The molecule has 0 heterocycles. The summed E-state index contributed by atoms with van der Waals surface area (Å²) in [6.45, 7) is 1.79. The molecular weight excluding hydrogens is 196 g/mol. The number of hydrogen-bond acceptors (Lipinski definition) is 3. The van der Waals surface area contributed by atoms with Gasteiger partial charge in [0, 0.05) is 12.5 Å². The summed E-state index contributed by atoms with van der Waals surface area (Å²) in [5, 5.41) is 11.1. The fourth-order valence-corrected chi connectivity index (χ4v) is 1.04. The maximum absolute atomic E-state index is 11.4. The van der Waals surface area contributed by atoms with E-state index in [4.69, 9.17) is 17.3 Å². The van der Waals surface area contributed by atoms with Crippen LogP contribution in [0.25, 0.3) is 0 Å². The van der Waals surface area contributed by atoms with Crippen molar-refractivity contribution >= 4 is 11.9 Å². The standard InChI is InChI=1S/C10H16N2O3/c1-3-5-8(11)10(15)12-7(4-2)6-9(13)14/h1,7-8H,4-6,11H2,2H3,(H,12,15)(H,13,14). The van der Waals surface area contributed by atoms with E-state index in [-0.39, 0.29) is 18.9 Å². The minimum Gasteiger partial charge on any atom is -0.481 e. The maximum Gasteiger partial charge on any atom is 0.305 e. The van der Waals surface area contributed by atoms with Crippen LogP contribution in [-0.4, -0.2) is 29.1 Å². The average Bonchev–Trinajstić information content (AvgIpc) is 2.16. The molecule has 0 aliphatic carbocycles. The first-order chi connectivity index (χ1) is 7.01. The molecule has 2 atom stereocenters. The summed E-state index contributed by atoms with van der Waals surface area (Å²) < 4.78 is 0. The van der Waals surface area contributed by atoms with E-state index >= 15 is 0 Å². The summed E-state index contributed by atoms with van der Waals surface area (Å²) in [6, 6.07) is -1.16. The number of aliphatic carboxylic acids is 1. The van der Waals surface area contributed by atoms with Crippen molar-refractivity contribution in [3.63, 3.8) is 0 Å². The van der Waals surface area contributed by atoms with Gasteiger partial charge in [0.15, 0.2) is 0 Å². The van der Waals surface area contributed by atoms with Crippen LogP contribution in [0.3, 0.4) is 0 Å². The van der Waals surface area contributed by atoms with Crippen molar-refractivity contribution in [1.29, 1.82) is 0 Å². The number of rotatable bonds is 6. The molecule has 0 radical (unpaired) electrons. The third-order valence-electron chi connectivity index (χ3n) is 1.93. The van der Waals surface area contributed by atoms with Gasteiger partial charge in [0.05, 0.1) is 12.5 Å². The van der Waals surface area contributed by atoms with E-state index in [1.54, 1.807) is 6.92 Å². The molecule has 0 aromatic carbocycles. The van der Waals surface area contributed by atoms with Crippen LogP contribution in [0.1, 0.15) is 26.2 Å². The Bertz CT molecular complexity index is 270. The molecular formula is C10H16N2O3. The number of hydrogen-bond donors (Lipinski definition) is 3. The van der Waals surface area contributed by atoms with Gasteiger partial charge in [0.2, 0.25) is 5.91 Å². The number of carboxylic acid groups (broad SMARTS) is 1. The highest BCUT2D eigenvalue weighted by Gasteiger charge is 2.18. The number of nitrogens with one attached hydrogen (secondary N) is 1. The topological polar surface area (TPSA) is 92.4 Å². The lowest BCUT2D eigenvalue weighted by atomic mass is 10.1. The van der Waals surface area contributed by atoms with Gasteiger partial charge in [-0.05, 0) is 6.42 Å². The van der Waals surface area contributed by atoms with Gasteiger partial charge in [-0.3, -0.25) is 9.59 Å². The van der Waals surface area contributed by atoms with Crippen LogP contribution < -0.4 is 11.1 Å². The molecule has 0 aromatic heterocycles. The van der Waals surface area contributed by atoms with E-state index in [1.165, 1.54) is 0 Å². The number of terminal acetylenes is 1. The molecule has 0 aromatic rings. The highest BCUT2D eigenvalue weighted by atomic mass is 16.4. The van der Waals surface area contributed by atoms with Crippen LogP contribution in [0, 0.1) is 12.3 Å². The van der Waals surface area contributed by atoms with E-state index in [2.05, 4.69) is 11.2 Å². The van der Waals surface area contributed by atoms with Crippen LogP contribution in [0.15, 0.2) is 0 Å². The van der Waals surface area contributed by atoms with Crippen molar-refractivity contribution in [3.8, 4) is 12.3 Å². The highest BCUT2D eigenvalue weighted by molar-refractivity contribution is 5.82. The van der Waals surface area contributed by atoms with Crippen molar-refractivity contribution in [2.45, 2.75) is 38.3 Å². The third kappa shape index (κ3) is 5.70. The minimum absolute atomic E-state index is 0.106. The number of amides is 1. The van der Waals surface area contributed by atoms with E-state index < -0.39 is 17.9 Å². The lowest BCUT2D eigenvalue weighted by molar-refractivity contribution is -0.137. The van der Waals surface area contributed by atoms with Gasteiger partial charge in [0.1, 0.15) is 0 Å². The first-order valence-corrected chi connectivity index (χ1v) is 4.72. The molecule has 84 valence electrons. The monoisotopic (exact) mass is 212 g/mol. The van der Waals surface area contributed by atoms with Crippen molar-refractivity contribution < 1.29 is 14.7 Å². The SMILES string of the molecule is C#CCC(N)C(=O)NC(CC)CC(=O)O. The molecule has 0 spiro atoms. The molecule has 0 saturated heterocycles. The second-order valence-electron chi connectivity index (χ2n) is 3.23. The molecule has 0 aliphatic heterocycles. The molecule has 15 heavy (non-hydrogen) atoms. The largest absolute Gasteiger partial charge is 0.481 e. The van der Waals surface area contributed by atoms with Crippen LogP contribution in [0.4, 0.5) is 0 Å². The molecule has 0 saturated carbocycles. The minimum atomic E-state index is -0.951. The fraction of sp³-hybridized carbons (Fsp3) is 0.600. The van der Waals surface area contributed by atoms with Gasteiger partial charge in [-0.15, -0.1) is 12.3 Å². The van der Waals surface area contributed by atoms with Crippen molar-refractivity contribution in [3.05, 3.63) is 0 Å². The zero-order valence-electron chi connectivity index (χ0n) is 8.69. The summed E-state index contributed by atoms with van der Waals surface area (Å²) in [7, 11) is 0. The first kappa shape index (κ1) is 13.5. The van der Waals surface area contributed by atoms with Gasteiger partial charge in [-0.1, -0.05) is 6.92 Å². The summed E-state index contributed by atoms with van der Waals surface area (Å²) >= 11 is 0. The second-order valence-corrected chi connectivity index (χ2v) is 3.23. The molecule has 1 amide bonds.